The van der Waals surface area contributed by atoms with Crippen LogP contribution in [-0.4, -0.2) is 35.6 Å². The third-order valence-corrected chi connectivity index (χ3v) is 6.66. The number of hydrogen-bond acceptors (Lipinski definition) is 5. The van der Waals surface area contributed by atoms with Crippen LogP contribution in [0.2, 0.25) is 0 Å². The monoisotopic (exact) mass is 433 g/mol. The molecule has 0 unspecified atom stereocenters. The molecule has 1 aliphatic rings. The maximum Gasteiger partial charge on any atom is 0.233 e. The number of carbonyl (C=O) groups excluding carboxylic acids is 1. The van der Waals surface area contributed by atoms with Crippen LogP contribution in [0.1, 0.15) is 18.2 Å². The minimum absolute atomic E-state index is 0.110. The summed E-state index contributed by atoms with van der Waals surface area (Å²) in [5, 5.41) is 2.02. The van der Waals surface area contributed by atoms with Crippen molar-refractivity contribution >= 4 is 27.9 Å². The van der Waals surface area contributed by atoms with E-state index in [2.05, 4.69) is 13.0 Å². The zero-order valence-corrected chi connectivity index (χ0v) is 18.5. The number of aromatic nitrogens is 2. The van der Waals surface area contributed by atoms with E-state index in [0.717, 1.165) is 34.0 Å². The summed E-state index contributed by atoms with van der Waals surface area (Å²) in [5.74, 6) is 1.45. The first-order chi connectivity index (χ1) is 15.1. The van der Waals surface area contributed by atoms with E-state index >= 15 is 0 Å². The van der Waals surface area contributed by atoms with Crippen LogP contribution in [0.5, 0.6) is 11.5 Å². The van der Waals surface area contributed by atoms with Crippen molar-refractivity contribution in [2.24, 2.45) is 0 Å². The number of para-hydroxylation sites is 1. The fourth-order valence-electron chi connectivity index (χ4n) is 4.28. The molecule has 0 bridgehead atoms. The number of fused-ring (bicyclic) bond motifs is 2. The Labute approximate surface area is 184 Å². The highest BCUT2D eigenvalue weighted by Crippen LogP contribution is 2.34. The van der Waals surface area contributed by atoms with E-state index in [1.807, 2.05) is 57.3 Å². The van der Waals surface area contributed by atoms with Crippen LogP contribution in [0, 0.1) is 0 Å². The minimum Gasteiger partial charge on any atom is -0.493 e. The van der Waals surface area contributed by atoms with Gasteiger partial charge in [0.05, 0.1) is 26.3 Å². The molecule has 0 radical (unpaired) electrons. The van der Waals surface area contributed by atoms with Gasteiger partial charge in [-0.05, 0) is 43.2 Å². The van der Waals surface area contributed by atoms with Crippen molar-refractivity contribution in [2.45, 2.75) is 25.8 Å². The molecule has 0 saturated carbocycles. The summed E-state index contributed by atoms with van der Waals surface area (Å²) < 4.78 is 12.8. The van der Waals surface area contributed by atoms with Crippen LogP contribution in [0.25, 0.3) is 16.2 Å². The SMILES string of the molecule is COc1ccc(-c2cn3c(CC(=O)N4c5ccccc5C[C@@H]4C)csc3n2)cc1OC. The zero-order valence-electron chi connectivity index (χ0n) is 17.7. The van der Waals surface area contributed by atoms with Gasteiger partial charge in [-0.3, -0.25) is 9.20 Å². The van der Waals surface area contributed by atoms with Crippen molar-refractivity contribution in [2.75, 3.05) is 19.1 Å². The fourth-order valence-corrected chi connectivity index (χ4v) is 5.15. The quantitative estimate of drug-likeness (QED) is 0.462. The van der Waals surface area contributed by atoms with Crippen LogP contribution in [0.4, 0.5) is 5.69 Å². The number of imidazole rings is 1. The van der Waals surface area contributed by atoms with E-state index in [1.165, 1.54) is 5.56 Å². The Morgan fingerprint density at radius 2 is 1.97 bits per heavy atom. The summed E-state index contributed by atoms with van der Waals surface area (Å²) in [6.07, 6.45) is 3.22. The Morgan fingerprint density at radius 1 is 1.16 bits per heavy atom. The largest absolute Gasteiger partial charge is 0.493 e. The first kappa shape index (κ1) is 19.6. The summed E-state index contributed by atoms with van der Waals surface area (Å²) in [4.78, 5) is 20.8. The van der Waals surface area contributed by atoms with E-state index in [-0.39, 0.29) is 11.9 Å². The van der Waals surface area contributed by atoms with Crippen molar-refractivity contribution in [1.82, 2.24) is 9.38 Å². The van der Waals surface area contributed by atoms with Gasteiger partial charge in [0.15, 0.2) is 16.5 Å². The second kappa shape index (κ2) is 7.74. The summed E-state index contributed by atoms with van der Waals surface area (Å²) in [6, 6.07) is 14.1. The second-order valence-corrected chi connectivity index (χ2v) is 8.53. The number of carbonyl (C=O) groups is 1. The lowest BCUT2D eigenvalue weighted by atomic mass is 10.1. The van der Waals surface area contributed by atoms with Crippen molar-refractivity contribution < 1.29 is 14.3 Å². The number of rotatable bonds is 5. The number of benzene rings is 2. The summed E-state index contributed by atoms with van der Waals surface area (Å²) >= 11 is 1.54. The molecule has 0 fully saturated rings. The third-order valence-electron chi connectivity index (χ3n) is 5.77. The Balaban J connectivity index is 1.44. The summed E-state index contributed by atoms with van der Waals surface area (Å²) in [7, 11) is 3.24. The second-order valence-electron chi connectivity index (χ2n) is 7.70. The van der Waals surface area contributed by atoms with Crippen molar-refractivity contribution in [3.8, 4) is 22.8 Å². The molecule has 4 aromatic rings. The number of ether oxygens (including phenoxy) is 2. The topological polar surface area (TPSA) is 56.1 Å². The molecule has 3 heterocycles. The Morgan fingerprint density at radius 3 is 2.77 bits per heavy atom. The number of hydrogen-bond donors (Lipinski definition) is 0. The van der Waals surface area contributed by atoms with Gasteiger partial charge < -0.3 is 14.4 Å². The summed E-state index contributed by atoms with van der Waals surface area (Å²) in [6.45, 7) is 2.10. The molecule has 2 aromatic heterocycles. The average molecular weight is 434 g/mol. The highest BCUT2D eigenvalue weighted by Gasteiger charge is 2.30. The molecular weight excluding hydrogens is 410 g/mol. The minimum atomic E-state index is 0.110. The Bertz CT molecular complexity index is 1280. The van der Waals surface area contributed by atoms with E-state index in [1.54, 1.807) is 25.6 Å². The molecule has 1 amide bonds. The van der Waals surface area contributed by atoms with E-state index in [9.17, 15) is 4.79 Å². The van der Waals surface area contributed by atoms with Gasteiger partial charge in [-0.25, -0.2) is 4.98 Å². The van der Waals surface area contributed by atoms with E-state index < -0.39 is 0 Å². The van der Waals surface area contributed by atoms with E-state index in [0.29, 0.717) is 17.9 Å². The predicted molar refractivity (Wildman–Crippen MR) is 122 cm³/mol. The Kier molecular flexibility index (Phi) is 4.90. The molecule has 0 N–H and O–H groups in total. The van der Waals surface area contributed by atoms with Gasteiger partial charge in [-0.2, -0.15) is 0 Å². The lowest BCUT2D eigenvalue weighted by Crippen LogP contribution is -2.37. The smallest absolute Gasteiger partial charge is 0.233 e. The van der Waals surface area contributed by atoms with Gasteiger partial charge in [0.25, 0.3) is 0 Å². The highest BCUT2D eigenvalue weighted by atomic mass is 32.1. The fraction of sp³-hybridized carbons (Fsp3) is 0.250. The van der Waals surface area contributed by atoms with Gasteiger partial charge in [-0.1, -0.05) is 18.2 Å². The van der Waals surface area contributed by atoms with Gasteiger partial charge in [0.2, 0.25) is 5.91 Å². The molecule has 158 valence electrons. The first-order valence-electron chi connectivity index (χ1n) is 10.2. The van der Waals surface area contributed by atoms with Crippen LogP contribution < -0.4 is 14.4 Å². The number of anilines is 1. The molecule has 0 saturated heterocycles. The molecule has 31 heavy (non-hydrogen) atoms. The third kappa shape index (κ3) is 3.35. The molecule has 6 nitrogen and oxygen atoms in total. The average Bonchev–Trinajstić information content (AvgIpc) is 3.46. The van der Waals surface area contributed by atoms with Crippen LogP contribution >= 0.6 is 11.3 Å². The lowest BCUT2D eigenvalue weighted by Gasteiger charge is -2.22. The maximum absolute atomic E-state index is 13.2. The summed E-state index contributed by atoms with van der Waals surface area (Å²) in [5.41, 5.74) is 4.98. The Hall–Kier alpha value is -3.32. The normalized spacial score (nSPS) is 15.3. The van der Waals surface area contributed by atoms with Gasteiger partial charge in [0, 0.05) is 34.6 Å². The number of methoxy groups -OCH3 is 2. The zero-order chi connectivity index (χ0) is 21.5. The molecule has 2 aromatic carbocycles. The molecule has 0 spiro atoms. The molecule has 1 atom stereocenters. The molecule has 5 rings (SSSR count). The van der Waals surface area contributed by atoms with Gasteiger partial charge in [0.1, 0.15) is 0 Å². The number of nitrogens with zero attached hydrogens (tertiary/aromatic N) is 3. The maximum atomic E-state index is 13.2. The number of thiazole rings is 1. The lowest BCUT2D eigenvalue weighted by molar-refractivity contribution is -0.118. The van der Waals surface area contributed by atoms with Crippen molar-refractivity contribution in [3.05, 3.63) is 65.3 Å². The number of amides is 1. The van der Waals surface area contributed by atoms with Gasteiger partial charge >= 0.3 is 0 Å². The molecule has 7 heteroatoms. The molecule has 1 aliphatic heterocycles. The van der Waals surface area contributed by atoms with Crippen LogP contribution in [0.3, 0.4) is 0 Å². The van der Waals surface area contributed by atoms with E-state index in [4.69, 9.17) is 14.5 Å². The molecular formula is C24H23N3O3S. The van der Waals surface area contributed by atoms with Crippen LogP contribution in [0.15, 0.2) is 54.0 Å². The predicted octanol–water partition coefficient (Wildman–Crippen LogP) is 4.60. The van der Waals surface area contributed by atoms with Gasteiger partial charge in [-0.15, -0.1) is 11.3 Å². The van der Waals surface area contributed by atoms with Crippen molar-refractivity contribution in [3.63, 3.8) is 0 Å². The van der Waals surface area contributed by atoms with Crippen LogP contribution in [-0.2, 0) is 17.6 Å². The van der Waals surface area contributed by atoms with Crippen molar-refractivity contribution in [1.29, 1.82) is 0 Å². The first-order valence-corrected chi connectivity index (χ1v) is 11.0. The standard InChI is InChI=1S/C24H23N3O3S/c1-15-10-17-6-4-5-7-20(17)27(15)23(28)12-18-14-31-24-25-19(13-26(18)24)16-8-9-21(29-2)22(11-16)30-3/h4-9,11,13-15H,10,12H2,1-3H3/t15-/m0/s1. The molecule has 0 aliphatic carbocycles. The highest BCUT2D eigenvalue weighted by molar-refractivity contribution is 7.15.